The SMILES string of the molecule is O=S(=O)([O-])C(F)(F)C(F)CC(F)(F)F.[K+]. The van der Waals surface area contributed by atoms with Crippen molar-refractivity contribution in [3.05, 3.63) is 0 Å². The zero-order chi connectivity index (χ0) is 11.8. The van der Waals surface area contributed by atoms with E-state index in [-0.39, 0.29) is 51.4 Å². The smallest absolute Gasteiger partial charge is 0.743 e. The van der Waals surface area contributed by atoms with Crippen LogP contribution < -0.4 is 51.4 Å². The van der Waals surface area contributed by atoms with Crippen molar-refractivity contribution in [2.75, 3.05) is 0 Å². The Kier molecular flexibility index (Phi) is 6.96. The second kappa shape index (κ2) is 5.64. The summed E-state index contributed by atoms with van der Waals surface area (Å²) in [4.78, 5) is 0. The van der Waals surface area contributed by atoms with Crippen LogP contribution in [0.1, 0.15) is 6.42 Å². The van der Waals surface area contributed by atoms with Gasteiger partial charge in [0.1, 0.15) is 0 Å². The van der Waals surface area contributed by atoms with Crippen molar-refractivity contribution in [2.45, 2.75) is 24.0 Å². The Labute approximate surface area is 123 Å². The molecule has 86 valence electrons. The molecule has 0 aliphatic rings. The summed E-state index contributed by atoms with van der Waals surface area (Å²) in [5.74, 6) is 0. The fraction of sp³-hybridized carbons (Fsp3) is 1.00. The van der Waals surface area contributed by atoms with Crippen molar-refractivity contribution in [3.8, 4) is 0 Å². The van der Waals surface area contributed by atoms with Gasteiger partial charge in [0, 0.05) is 0 Å². The molecule has 0 aromatic heterocycles. The van der Waals surface area contributed by atoms with Crippen LogP contribution in [0.15, 0.2) is 0 Å². The van der Waals surface area contributed by atoms with Crippen molar-refractivity contribution in [1.82, 2.24) is 0 Å². The maximum absolute atomic E-state index is 12.1. The first-order valence-corrected chi connectivity index (χ1v) is 4.33. The summed E-state index contributed by atoms with van der Waals surface area (Å²) in [7, 11) is -6.43. The van der Waals surface area contributed by atoms with E-state index in [1.807, 2.05) is 0 Å². The molecule has 0 fully saturated rings. The largest absolute Gasteiger partial charge is 1.00 e. The van der Waals surface area contributed by atoms with E-state index in [2.05, 4.69) is 0 Å². The minimum absolute atomic E-state index is 0. The van der Waals surface area contributed by atoms with E-state index < -0.39 is 34.1 Å². The molecule has 15 heavy (non-hydrogen) atoms. The van der Waals surface area contributed by atoms with Crippen LogP contribution >= 0.6 is 0 Å². The average molecular weight is 284 g/mol. The molecule has 0 saturated heterocycles. The van der Waals surface area contributed by atoms with Crippen LogP contribution in [0.25, 0.3) is 0 Å². The monoisotopic (exact) mass is 284 g/mol. The fourth-order valence-electron chi connectivity index (χ4n) is 0.479. The van der Waals surface area contributed by atoms with Gasteiger partial charge < -0.3 is 4.55 Å². The summed E-state index contributed by atoms with van der Waals surface area (Å²) >= 11 is 0. The van der Waals surface area contributed by atoms with E-state index in [4.69, 9.17) is 0 Å². The summed E-state index contributed by atoms with van der Waals surface area (Å²) in [6.07, 6.45) is -12.1. The number of alkyl halides is 6. The van der Waals surface area contributed by atoms with E-state index >= 15 is 0 Å². The van der Waals surface area contributed by atoms with Crippen LogP contribution in [0.3, 0.4) is 0 Å². The third-order valence-corrected chi connectivity index (χ3v) is 2.03. The van der Waals surface area contributed by atoms with E-state index in [1.165, 1.54) is 0 Å². The van der Waals surface area contributed by atoms with Crippen molar-refractivity contribution >= 4 is 10.1 Å². The Balaban J connectivity index is 0. The molecule has 0 radical (unpaired) electrons. The second-order valence-electron chi connectivity index (χ2n) is 2.30. The van der Waals surface area contributed by atoms with Gasteiger partial charge in [0.25, 0.3) is 0 Å². The zero-order valence-electron chi connectivity index (χ0n) is 7.19. The summed E-state index contributed by atoms with van der Waals surface area (Å²) in [5, 5.41) is -5.57. The Morgan fingerprint density at radius 3 is 1.67 bits per heavy atom. The van der Waals surface area contributed by atoms with Gasteiger partial charge in [-0.1, -0.05) is 0 Å². The Morgan fingerprint density at radius 2 is 1.47 bits per heavy atom. The second-order valence-corrected chi connectivity index (χ2v) is 3.76. The molecular weight excluding hydrogens is 281 g/mol. The van der Waals surface area contributed by atoms with Crippen LogP contribution in [-0.2, 0) is 10.1 Å². The Bertz CT molecular complexity index is 298. The van der Waals surface area contributed by atoms with E-state index in [9.17, 15) is 39.3 Å². The van der Waals surface area contributed by atoms with Gasteiger partial charge in [0.15, 0.2) is 16.3 Å². The molecule has 3 nitrogen and oxygen atoms in total. The molecule has 0 N–H and O–H groups in total. The van der Waals surface area contributed by atoms with Crippen LogP contribution in [0, 0.1) is 0 Å². The first kappa shape index (κ1) is 18.5. The van der Waals surface area contributed by atoms with Crippen LogP contribution in [0.2, 0.25) is 0 Å². The van der Waals surface area contributed by atoms with Gasteiger partial charge in [0.05, 0.1) is 6.42 Å². The number of hydrogen-bond donors (Lipinski definition) is 0. The van der Waals surface area contributed by atoms with Crippen molar-refractivity contribution in [2.24, 2.45) is 0 Å². The molecule has 0 spiro atoms. The summed E-state index contributed by atoms with van der Waals surface area (Å²) < 4.78 is 99.3. The van der Waals surface area contributed by atoms with E-state index in [0.717, 1.165) is 0 Å². The van der Waals surface area contributed by atoms with Gasteiger partial charge in [-0.25, -0.2) is 12.8 Å². The van der Waals surface area contributed by atoms with Gasteiger partial charge in [-0.05, 0) is 0 Å². The fourth-order valence-corrected chi connectivity index (χ4v) is 0.875. The molecule has 0 aromatic carbocycles. The average Bonchev–Trinajstić information content (AvgIpc) is 1.80. The van der Waals surface area contributed by atoms with E-state index in [1.54, 1.807) is 0 Å². The molecular formula is C4H3F6KO3S. The molecule has 1 unspecified atom stereocenters. The predicted octanol–water partition coefficient (Wildman–Crippen LogP) is -1.58. The molecule has 1 atom stereocenters. The number of rotatable bonds is 3. The molecule has 0 amide bonds. The molecule has 0 aliphatic heterocycles. The van der Waals surface area contributed by atoms with Gasteiger partial charge in [0.2, 0.25) is 0 Å². The van der Waals surface area contributed by atoms with Crippen LogP contribution in [-0.4, -0.2) is 30.6 Å². The summed E-state index contributed by atoms with van der Waals surface area (Å²) in [6, 6.07) is 0. The van der Waals surface area contributed by atoms with Gasteiger partial charge in [-0.2, -0.15) is 22.0 Å². The molecule has 0 heterocycles. The standard InChI is InChI=1S/C4H4F6O3S.K/c5-2(1-3(6,7)8)4(9,10)14(11,12)13;/h2H,1H2,(H,11,12,13);/q;+1/p-1. The molecule has 0 saturated carbocycles. The molecule has 11 heteroatoms. The minimum atomic E-state index is -6.43. The van der Waals surface area contributed by atoms with Gasteiger partial charge in [-0.3, -0.25) is 0 Å². The van der Waals surface area contributed by atoms with E-state index in [0.29, 0.717) is 0 Å². The van der Waals surface area contributed by atoms with Gasteiger partial charge >= 0.3 is 62.8 Å². The van der Waals surface area contributed by atoms with Crippen molar-refractivity contribution < 1.29 is 90.7 Å². The van der Waals surface area contributed by atoms with Gasteiger partial charge in [-0.15, -0.1) is 0 Å². The molecule has 0 bridgehead atoms. The summed E-state index contributed by atoms with van der Waals surface area (Å²) in [5.41, 5.74) is 0. The number of hydrogen-bond acceptors (Lipinski definition) is 3. The summed E-state index contributed by atoms with van der Waals surface area (Å²) in [6.45, 7) is 0. The Morgan fingerprint density at radius 1 is 1.13 bits per heavy atom. The quantitative estimate of drug-likeness (QED) is 0.357. The Hall–Kier alpha value is 1.13. The normalized spacial score (nSPS) is 15.7. The van der Waals surface area contributed by atoms with Crippen molar-refractivity contribution in [3.63, 3.8) is 0 Å². The minimum Gasteiger partial charge on any atom is -0.743 e. The van der Waals surface area contributed by atoms with Crippen LogP contribution in [0.5, 0.6) is 0 Å². The first-order chi connectivity index (χ1) is 5.88. The molecule has 0 rings (SSSR count). The van der Waals surface area contributed by atoms with Crippen LogP contribution in [0.4, 0.5) is 26.3 Å². The molecule has 0 aliphatic carbocycles. The topological polar surface area (TPSA) is 57.2 Å². The molecule has 0 aromatic rings. The number of halogens is 6. The maximum atomic E-state index is 12.1. The third-order valence-electron chi connectivity index (χ3n) is 1.11. The predicted molar refractivity (Wildman–Crippen MR) is 30.2 cm³/mol. The first-order valence-electron chi connectivity index (χ1n) is 2.92. The zero-order valence-corrected chi connectivity index (χ0v) is 11.1. The maximum Gasteiger partial charge on any atom is 1.00 e. The van der Waals surface area contributed by atoms with Crippen molar-refractivity contribution in [1.29, 1.82) is 0 Å². The third kappa shape index (κ3) is 5.84.